The van der Waals surface area contributed by atoms with E-state index in [1.807, 2.05) is 0 Å². The molecule has 0 unspecified atom stereocenters. The van der Waals surface area contributed by atoms with E-state index >= 15 is 0 Å². The highest BCUT2D eigenvalue weighted by Gasteiger charge is 2.14. The largest absolute Gasteiger partial charge is 0.369 e. The summed E-state index contributed by atoms with van der Waals surface area (Å²) in [5.41, 5.74) is 3.65. The first-order valence-corrected chi connectivity index (χ1v) is 9.30. The summed E-state index contributed by atoms with van der Waals surface area (Å²) < 4.78 is 1.56. The van der Waals surface area contributed by atoms with Crippen molar-refractivity contribution in [1.82, 2.24) is 24.8 Å². The smallest absolute Gasteiger partial charge is 0.270 e. The number of carbonyl (C=O) groups is 1. The van der Waals surface area contributed by atoms with Crippen molar-refractivity contribution in [1.29, 1.82) is 0 Å². The molecule has 2 aromatic heterocycles. The highest BCUT2D eigenvalue weighted by Crippen LogP contribution is 2.17. The molecule has 0 spiro atoms. The maximum Gasteiger partial charge on any atom is 0.270 e. The van der Waals surface area contributed by atoms with Crippen LogP contribution in [0.5, 0.6) is 0 Å². The zero-order chi connectivity index (χ0) is 18.6. The monoisotopic (exact) mass is 364 g/mol. The van der Waals surface area contributed by atoms with Crippen molar-refractivity contribution >= 4 is 17.2 Å². The first-order valence-electron chi connectivity index (χ1n) is 9.30. The molecule has 4 rings (SSSR count). The third-order valence-electron chi connectivity index (χ3n) is 5.03. The number of hydrogen-bond donors (Lipinski definition) is 1. The van der Waals surface area contributed by atoms with Gasteiger partial charge in [-0.25, -0.2) is 9.50 Å². The predicted octanol–water partition coefficient (Wildman–Crippen LogP) is 1.45. The highest BCUT2D eigenvalue weighted by molar-refractivity contribution is 5.92. The average Bonchev–Trinajstić information content (AvgIpc) is 3.18. The van der Waals surface area contributed by atoms with E-state index in [1.54, 1.807) is 29.0 Å². The Morgan fingerprint density at radius 2 is 1.81 bits per heavy atom. The molecule has 1 N–H and O–H groups in total. The third-order valence-corrected chi connectivity index (χ3v) is 5.03. The summed E-state index contributed by atoms with van der Waals surface area (Å²) in [7, 11) is 2.16. The lowest BCUT2D eigenvalue weighted by Crippen LogP contribution is -2.44. The fraction of sp³-hybridized carbons (Fsp3) is 0.350. The van der Waals surface area contributed by atoms with Crippen molar-refractivity contribution in [2.45, 2.75) is 6.42 Å². The second-order valence-electron chi connectivity index (χ2n) is 6.89. The van der Waals surface area contributed by atoms with E-state index in [0.29, 0.717) is 17.9 Å². The number of carbonyl (C=O) groups excluding carboxylic acids is 1. The number of amides is 1. The van der Waals surface area contributed by atoms with Crippen LogP contribution >= 0.6 is 0 Å². The molecule has 1 aliphatic heterocycles. The number of likely N-dealkylation sites (N-methyl/N-ethyl adjacent to an activating group) is 1. The number of fused-ring (bicyclic) bond motifs is 1. The normalized spacial score (nSPS) is 15.2. The predicted molar refractivity (Wildman–Crippen MR) is 105 cm³/mol. The van der Waals surface area contributed by atoms with Gasteiger partial charge in [0.05, 0.1) is 6.20 Å². The highest BCUT2D eigenvalue weighted by atomic mass is 16.1. The fourth-order valence-electron chi connectivity index (χ4n) is 3.36. The number of benzene rings is 1. The van der Waals surface area contributed by atoms with E-state index in [0.717, 1.165) is 32.6 Å². The van der Waals surface area contributed by atoms with Crippen LogP contribution in [0, 0.1) is 0 Å². The maximum absolute atomic E-state index is 12.4. The molecule has 3 aromatic rings. The van der Waals surface area contributed by atoms with Crippen LogP contribution in [0.15, 0.2) is 48.8 Å². The maximum atomic E-state index is 12.4. The van der Waals surface area contributed by atoms with Gasteiger partial charge in [-0.2, -0.15) is 5.10 Å². The third kappa shape index (κ3) is 3.93. The number of rotatable bonds is 5. The van der Waals surface area contributed by atoms with Gasteiger partial charge in [0, 0.05) is 50.7 Å². The molecule has 0 bridgehead atoms. The molecule has 7 nitrogen and oxygen atoms in total. The summed E-state index contributed by atoms with van der Waals surface area (Å²) >= 11 is 0. The zero-order valence-corrected chi connectivity index (χ0v) is 15.5. The van der Waals surface area contributed by atoms with Crippen LogP contribution in [0.25, 0.3) is 5.65 Å². The lowest BCUT2D eigenvalue weighted by atomic mass is 10.1. The van der Waals surface area contributed by atoms with Gasteiger partial charge in [0.2, 0.25) is 0 Å². The Bertz CT molecular complexity index is 912. The molecule has 1 amide bonds. The van der Waals surface area contributed by atoms with E-state index in [-0.39, 0.29) is 5.91 Å². The van der Waals surface area contributed by atoms with Crippen LogP contribution in [0.1, 0.15) is 16.1 Å². The summed E-state index contributed by atoms with van der Waals surface area (Å²) in [5.74, 6) is -0.139. The topological polar surface area (TPSA) is 65.8 Å². The quantitative estimate of drug-likeness (QED) is 0.742. The van der Waals surface area contributed by atoms with E-state index in [9.17, 15) is 4.79 Å². The van der Waals surface area contributed by atoms with Gasteiger partial charge in [0.15, 0.2) is 5.65 Å². The Morgan fingerprint density at radius 3 is 2.59 bits per heavy atom. The van der Waals surface area contributed by atoms with Crippen LogP contribution in [-0.4, -0.2) is 65.2 Å². The van der Waals surface area contributed by atoms with Gasteiger partial charge in [0.1, 0.15) is 5.69 Å². The Morgan fingerprint density at radius 1 is 1.04 bits per heavy atom. The molecule has 140 valence electrons. The molecular weight excluding hydrogens is 340 g/mol. The molecule has 1 aliphatic rings. The van der Waals surface area contributed by atoms with Crippen molar-refractivity contribution in [3.8, 4) is 0 Å². The van der Waals surface area contributed by atoms with Crippen LogP contribution in [0.2, 0.25) is 0 Å². The molecule has 0 atom stereocenters. The zero-order valence-electron chi connectivity index (χ0n) is 15.5. The standard InChI is InChI=1S/C20H24N6O/c1-24-12-14-25(15-13-24)17-4-2-16(3-5-17)6-9-22-20(27)18-7-10-21-19-8-11-23-26(18)19/h2-5,7-8,10-11H,6,9,12-15H2,1H3,(H,22,27). The van der Waals surface area contributed by atoms with Crippen molar-refractivity contribution in [3.63, 3.8) is 0 Å². The number of hydrogen-bond acceptors (Lipinski definition) is 5. The molecule has 0 saturated carbocycles. The van der Waals surface area contributed by atoms with Gasteiger partial charge in [-0.3, -0.25) is 4.79 Å². The Labute approximate surface area is 158 Å². The number of nitrogens with zero attached hydrogens (tertiary/aromatic N) is 5. The number of nitrogens with one attached hydrogen (secondary N) is 1. The molecule has 3 heterocycles. The fourth-order valence-corrected chi connectivity index (χ4v) is 3.36. The first-order chi connectivity index (χ1) is 13.2. The van der Waals surface area contributed by atoms with Gasteiger partial charge in [-0.1, -0.05) is 12.1 Å². The van der Waals surface area contributed by atoms with Gasteiger partial charge >= 0.3 is 0 Å². The lowest BCUT2D eigenvalue weighted by Gasteiger charge is -2.34. The van der Waals surface area contributed by atoms with E-state index < -0.39 is 0 Å². The summed E-state index contributed by atoms with van der Waals surface area (Å²) in [6, 6.07) is 12.1. The molecule has 0 radical (unpaired) electrons. The Hall–Kier alpha value is -2.93. The summed E-state index contributed by atoms with van der Waals surface area (Å²) in [5, 5.41) is 7.12. The second kappa shape index (κ2) is 7.75. The Balaban J connectivity index is 1.31. The minimum atomic E-state index is -0.139. The minimum absolute atomic E-state index is 0.139. The number of anilines is 1. The molecule has 0 aliphatic carbocycles. The molecule has 7 heteroatoms. The number of piperazine rings is 1. The van der Waals surface area contributed by atoms with Crippen LogP contribution < -0.4 is 10.2 Å². The van der Waals surface area contributed by atoms with Gasteiger partial charge in [0.25, 0.3) is 5.91 Å². The first kappa shape index (κ1) is 17.5. The molecule has 1 aromatic carbocycles. The van der Waals surface area contributed by atoms with Crippen molar-refractivity contribution < 1.29 is 4.79 Å². The molecule has 1 fully saturated rings. The van der Waals surface area contributed by atoms with Crippen molar-refractivity contribution in [2.75, 3.05) is 44.7 Å². The van der Waals surface area contributed by atoms with E-state index in [4.69, 9.17) is 0 Å². The van der Waals surface area contributed by atoms with Crippen LogP contribution in [-0.2, 0) is 6.42 Å². The van der Waals surface area contributed by atoms with Crippen LogP contribution in [0.3, 0.4) is 0 Å². The Kier molecular flexibility index (Phi) is 5.02. The van der Waals surface area contributed by atoms with E-state index in [1.165, 1.54) is 11.3 Å². The lowest BCUT2D eigenvalue weighted by molar-refractivity contribution is 0.0946. The summed E-state index contributed by atoms with van der Waals surface area (Å²) in [6.07, 6.45) is 4.06. The molecule has 27 heavy (non-hydrogen) atoms. The van der Waals surface area contributed by atoms with Crippen molar-refractivity contribution in [3.05, 3.63) is 60.0 Å². The number of aromatic nitrogens is 3. The minimum Gasteiger partial charge on any atom is -0.369 e. The second-order valence-corrected chi connectivity index (χ2v) is 6.89. The van der Waals surface area contributed by atoms with E-state index in [2.05, 4.69) is 56.5 Å². The average molecular weight is 364 g/mol. The van der Waals surface area contributed by atoms with Gasteiger partial charge in [-0.05, 0) is 37.2 Å². The van der Waals surface area contributed by atoms with Gasteiger partial charge < -0.3 is 15.1 Å². The van der Waals surface area contributed by atoms with Gasteiger partial charge in [-0.15, -0.1) is 0 Å². The SMILES string of the molecule is CN1CCN(c2ccc(CCNC(=O)c3ccnc4ccnn34)cc2)CC1. The molecular formula is C20H24N6O. The van der Waals surface area contributed by atoms with Crippen molar-refractivity contribution in [2.24, 2.45) is 0 Å². The summed E-state index contributed by atoms with van der Waals surface area (Å²) in [4.78, 5) is 21.4. The molecule has 1 saturated heterocycles. The summed E-state index contributed by atoms with van der Waals surface area (Å²) in [6.45, 7) is 4.93. The van der Waals surface area contributed by atoms with Crippen LogP contribution in [0.4, 0.5) is 5.69 Å².